The van der Waals surface area contributed by atoms with E-state index in [9.17, 15) is 37.7 Å². The van der Waals surface area contributed by atoms with Gasteiger partial charge in [-0.25, -0.2) is 9.69 Å². The molecule has 13 heteroatoms. The van der Waals surface area contributed by atoms with Crippen LogP contribution in [0.1, 0.15) is 16.7 Å². The van der Waals surface area contributed by atoms with Crippen molar-refractivity contribution in [2.45, 2.75) is 13.1 Å². The average molecular weight is 546 g/mol. The van der Waals surface area contributed by atoms with Gasteiger partial charge in [0.25, 0.3) is 11.8 Å². The van der Waals surface area contributed by atoms with E-state index in [2.05, 4.69) is 5.32 Å². The molecule has 4 amide bonds. The van der Waals surface area contributed by atoms with E-state index in [1.165, 1.54) is 36.4 Å². The third-order valence-corrected chi connectivity index (χ3v) is 5.84. The van der Waals surface area contributed by atoms with Crippen LogP contribution >= 0.6 is 11.6 Å². The van der Waals surface area contributed by atoms with Gasteiger partial charge in [-0.1, -0.05) is 35.9 Å². The Morgan fingerprint density at radius 3 is 2.39 bits per heavy atom. The summed E-state index contributed by atoms with van der Waals surface area (Å²) in [5.74, 6) is -2.59. The number of carbonyl (C=O) groups excluding carboxylic acids is 3. The number of hydrogen-bond acceptors (Lipinski definition) is 6. The molecule has 9 nitrogen and oxygen atoms in total. The van der Waals surface area contributed by atoms with Crippen molar-refractivity contribution in [3.63, 3.8) is 0 Å². The second kappa shape index (κ2) is 9.98. The van der Waals surface area contributed by atoms with Crippen LogP contribution in [0, 0.1) is 17.0 Å². The quantitative estimate of drug-likeness (QED) is 0.181. The lowest BCUT2D eigenvalue weighted by Crippen LogP contribution is -2.54. The molecule has 1 aliphatic heterocycles. The Labute approximate surface area is 217 Å². The van der Waals surface area contributed by atoms with E-state index in [0.29, 0.717) is 22.6 Å². The van der Waals surface area contributed by atoms with E-state index in [0.717, 1.165) is 12.1 Å². The average Bonchev–Trinajstić information content (AvgIpc) is 2.84. The summed E-state index contributed by atoms with van der Waals surface area (Å²) < 4.78 is 44.7. The Balaban J connectivity index is 1.73. The lowest BCUT2D eigenvalue weighted by molar-refractivity contribution is -0.385. The topological polar surface area (TPSA) is 119 Å². The van der Waals surface area contributed by atoms with Crippen LogP contribution in [0.4, 0.5) is 29.3 Å². The maximum Gasteiger partial charge on any atom is 0.416 e. The molecule has 0 saturated carbocycles. The first-order valence-corrected chi connectivity index (χ1v) is 11.0. The first-order valence-electron chi connectivity index (χ1n) is 10.7. The van der Waals surface area contributed by atoms with Gasteiger partial charge in [-0.15, -0.1) is 0 Å². The number of para-hydroxylation sites is 1. The number of hydrogen-bond donors (Lipinski definition) is 1. The van der Waals surface area contributed by atoms with E-state index < -0.39 is 51.5 Å². The highest BCUT2D eigenvalue weighted by Gasteiger charge is 2.37. The molecule has 0 atom stereocenters. The number of rotatable bonds is 5. The molecule has 0 spiro atoms. The number of imide groups is 2. The Morgan fingerprint density at radius 2 is 1.74 bits per heavy atom. The SMILES string of the molecule is Cc1ccc(N2C(=O)NC(=O)/C(=C\c3ccccc3Oc3ccc(C(F)(F)F)cc3[N+](=O)[O-])C2=O)cc1Cl. The molecule has 1 aliphatic rings. The van der Waals surface area contributed by atoms with E-state index >= 15 is 0 Å². The van der Waals surface area contributed by atoms with Crippen LogP contribution in [-0.2, 0) is 15.8 Å². The molecule has 1 saturated heterocycles. The molecule has 0 aromatic heterocycles. The Hall–Kier alpha value is -4.71. The normalized spacial score (nSPS) is 15.0. The molecular formula is C25H15ClF3N3O6. The van der Waals surface area contributed by atoms with Gasteiger partial charge in [-0.2, -0.15) is 13.2 Å². The number of amides is 4. The smallest absolute Gasteiger partial charge is 0.416 e. The van der Waals surface area contributed by atoms with Crippen LogP contribution in [0.3, 0.4) is 0 Å². The number of urea groups is 1. The number of nitrogens with zero attached hydrogens (tertiary/aromatic N) is 2. The second-order valence-corrected chi connectivity index (χ2v) is 8.38. The van der Waals surface area contributed by atoms with Gasteiger partial charge >= 0.3 is 17.9 Å². The molecular weight excluding hydrogens is 531 g/mol. The van der Waals surface area contributed by atoms with Gasteiger partial charge in [-0.3, -0.25) is 25.0 Å². The zero-order valence-electron chi connectivity index (χ0n) is 19.2. The molecule has 1 heterocycles. The fourth-order valence-electron chi connectivity index (χ4n) is 3.50. The van der Waals surface area contributed by atoms with Crippen molar-refractivity contribution in [1.29, 1.82) is 0 Å². The lowest BCUT2D eigenvalue weighted by Gasteiger charge is -2.26. The van der Waals surface area contributed by atoms with E-state index in [1.54, 1.807) is 13.0 Å². The summed E-state index contributed by atoms with van der Waals surface area (Å²) in [7, 11) is 0. The van der Waals surface area contributed by atoms with Crippen molar-refractivity contribution in [2.75, 3.05) is 4.90 Å². The number of carbonyl (C=O) groups is 3. The summed E-state index contributed by atoms with van der Waals surface area (Å²) in [4.78, 5) is 49.3. The minimum absolute atomic E-state index is 0.0800. The van der Waals surface area contributed by atoms with Crippen LogP contribution in [0.15, 0.2) is 66.2 Å². The zero-order valence-corrected chi connectivity index (χ0v) is 20.0. The molecule has 194 valence electrons. The van der Waals surface area contributed by atoms with E-state index in [1.807, 2.05) is 0 Å². The largest absolute Gasteiger partial charge is 0.449 e. The highest BCUT2D eigenvalue weighted by atomic mass is 35.5. The van der Waals surface area contributed by atoms with Crippen LogP contribution in [-0.4, -0.2) is 22.8 Å². The zero-order chi connectivity index (χ0) is 27.8. The highest BCUT2D eigenvalue weighted by Crippen LogP contribution is 2.39. The number of nitrogens with one attached hydrogen (secondary N) is 1. The third kappa shape index (κ3) is 5.20. The minimum atomic E-state index is -4.81. The number of ether oxygens (including phenoxy) is 1. The molecule has 3 aromatic rings. The Bertz CT molecular complexity index is 1540. The highest BCUT2D eigenvalue weighted by molar-refractivity contribution is 6.39. The van der Waals surface area contributed by atoms with Gasteiger partial charge < -0.3 is 4.74 Å². The molecule has 38 heavy (non-hydrogen) atoms. The van der Waals surface area contributed by atoms with Crippen molar-refractivity contribution in [2.24, 2.45) is 0 Å². The van der Waals surface area contributed by atoms with Crippen LogP contribution < -0.4 is 15.0 Å². The summed E-state index contributed by atoms with van der Waals surface area (Å²) in [6.45, 7) is 1.72. The number of barbiturate groups is 1. The molecule has 4 rings (SSSR count). The van der Waals surface area contributed by atoms with Gasteiger partial charge in [-0.05, 0) is 48.9 Å². The Morgan fingerprint density at radius 1 is 1.03 bits per heavy atom. The minimum Gasteiger partial charge on any atom is -0.449 e. The molecule has 3 aromatic carbocycles. The standard InChI is InChI=1S/C25H15ClF3N3O6/c1-13-6-8-16(12-18(13)26)31-23(34)17(22(33)30-24(31)35)10-14-4-2-3-5-20(14)38-21-9-7-15(25(27,28)29)11-19(21)32(36)37/h2-12H,1H3,(H,30,33,35)/b17-10+. The summed E-state index contributed by atoms with van der Waals surface area (Å²) >= 11 is 6.11. The predicted molar refractivity (Wildman–Crippen MR) is 130 cm³/mol. The monoisotopic (exact) mass is 545 g/mol. The number of benzene rings is 3. The molecule has 0 aliphatic carbocycles. The maximum atomic E-state index is 13.2. The first kappa shape index (κ1) is 26.4. The van der Waals surface area contributed by atoms with Crippen LogP contribution in [0.5, 0.6) is 11.5 Å². The number of anilines is 1. The molecule has 0 radical (unpaired) electrons. The Kier molecular flexibility index (Phi) is 6.92. The lowest BCUT2D eigenvalue weighted by atomic mass is 10.1. The van der Waals surface area contributed by atoms with Crippen molar-refractivity contribution < 1.29 is 37.2 Å². The van der Waals surface area contributed by atoms with Crippen molar-refractivity contribution in [3.05, 3.63) is 98.1 Å². The van der Waals surface area contributed by atoms with Crippen LogP contribution in [0.25, 0.3) is 6.08 Å². The van der Waals surface area contributed by atoms with Crippen molar-refractivity contribution in [1.82, 2.24) is 5.32 Å². The third-order valence-electron chi connectivity index (χ3n) is 5.44. The number of alkyl halides is 3. The fraction of sp³-hybridized carbons (Fsp3) is 0.0800. The second-order valence-electron chi connectivity index (χ2n) is 7.97. The molecule has 0 unspecified atom stereocenters. The number of nitro groups is 1. The maximum absolute atomic E-state index is 13.2. The van der Waals surface area contributed by atoms with E-state index in [4.69, 9.17) is 16.3 Å². The number of nitro benzene ring substituents is 1. The van der Waals surface area contributed by atoms with Gasteiger partial charge in [0.05, 0.1) is 16.2 Å². The summed E-state index contributed by atoms with van der Waals surface area (Å²) in [6, 6.07) is 10.9. The summed E-state index contributed by atoms with van der Waals surface area (Å²) in [5.41, 5.74) is -1.78. The first-order chi connectivity index (χ1) is 17.9. The number of aryl methyl sites for hydroxylation is 1. The van der Waals surface area contributed by atoms with Crippen molar-refractivity contribution >= 4 is 46.9 Å². The predicted octanol–water partition coefficient (Wildman–Crippen LogP) is 6.03. The van der Waals surface area contributed by atoms with Gasteiger partial charge in [0.2, 0.25) is 5.75 Å². The molecule has 0 bridgehead atoms. The van der Waals surface area contributed by atoms with Crippen molar-refractivity contribution in [3.8, 4) is 11.5 Å². The fourth-order valence-corrected chi connectivity index (χ4v) is 3.68. The van der Waals surface area contributed by atoms with Gasteiger partial charge in [0.15, 0.2) is 0 Å². The van der Waals surface area contributed by atoms with Gasteiger partial charge in [0, 0.05) is 16.7 Å². The van der Waals surface area contributed by atoms with Gasteiger partial charge in [0.1, 0.15) is 11.3 Å². The van der Waals surface area contributed by atoms with E-state index in [-0.39, 0.29) is 22.0 Å². The summed E-state index contributed by atoms with van der Waals surface area (Å²) in [6.07, 6.45) is -3.72. The molecule has 1 fully saturated rings. The number of halogens is 4. The molecule has 1 N–H and O–H groups in total. The van der Waals surface area contributed by atoms with Crippen LogP contribution in [0.2, 0.25) is 5.02 Å². The summed E-state index contributed by atoms with van der Waals surface area (Å²) in [5, 5.41) is 13.8.